The van der Waals surface area contributed by atoms with Gasteiger partial charge in [-0.05, 0) is 0 Å². The monoisotopic (exact) mass is 2510 g/mol. The van der Waals surface area contributed by atoms with Gasteiger partial charge in [0.15, 0.2) is 0 Å². The second-order valence-corrected chi connectivity index (χ2v) is 50.1. The first kappa shape index (κ1) is 35.9. The number of hydrogen-bond donors (Lipinski definition) is 0. The molecule has 0 amide bonds. The van der Waals surface area contributed by atoms with Crippen molar-refractivity contribution in [3.05, 3.63) is 11.1 Å². The van der Waals surface area contributed by atoms with Gasteiger partial charge in [0, 0.05) is 0 Å². The molecule has 0 saturated heterocycles. The standard InChI is InChI=1S/C18H6O.10Ra.10H/c1-13-3-7-15(8-4-13)17-11-12-18(19-17)16-9-5-14(2)6-10-16;;;;;;;;;;;;;;;;;;;;/h1-2H3;;;;;;;;;;;;;;;;;;;;. The molecule has 1 nitrogen and oxygen atoms in total. The number of furan rings is 1. The molecule has 29 heavy (non-hydrogen) atoms. The Balaban J connectivity index is 2.40. The van der Waals surface area contributed by atoms with E-state index in [1.54, 1.807) is 23.5 Å². The van der Waals surface area contributed by atoms with Crippen LogP contribution in [0.1, 0.15) is 11.1 Å². The van der Waals surface area contributed by atoms with Crippen LogP contribution in [0.25, 0.3) is 22.6 Å². The van der Waals surface area contributed by atoms with E-state index in [2.05, 4.69) is 13.8 Å². The van der Waals surface area contributed by atoms with Crippen molar-refractivity contribution in [3.8, 4) is 22.6 Å². The fourth-order valence-corrected chi connectivity index (χ4v) is 69.6. The molecule has 0 saturated carbocycles. The van der Waals surface area contributed by atoms with Crippen LogP contribution in [0.5, 0.6) is 0 Å². The van der Waals surface area contributed by atoms with Crippen LogP contribution in [0, 0.1) is 442 Å². The molecule has 0 bridgehead atoms. The molecule has 2 aromatic carbocycles. The van der Waals surface area contributed by atoms with Crippen LogP contribution >= 0.6 is 0 Å². The van der Waals surface area contributed by atoms with Gasteiger partial charge in [-0.3, -0.25) is 0 Å². The molecule has 11 heteroatoms. The van der Waals surface area contributed by atoms with E-state index in [4.69, 9.17) is 4.42 Å². The zero-order chi connectivity index (χ0) is 21.9. The maximum absolute atomic E-state index is 7.10. The number of benzene rings is 2. The van der Waals surface area contributed by atoms with Crippen LogP contribution in [-0.4, -0.2) is 0 Å². The first-order valence-electron chi connectivity index (χ1n) is 10.7. The number of rotatable bonds is 2. The maximum atomic E-state index is 7.10. The third-order valence-corrected chi connectivity index (χ3v) is 147. The van der Waals surface area contributed by atoms with E-state index in [0.717, 1.165) is 0 Å². The molecule has 1 aromatic heterocycles. The Bertz CT molecular complexity index is 1030. The average Bonchev–Trinajstić information content (AvgIpc) is 2.97. The molecule has 0 aliphatic carbocycles. The molecule has 3 aromatic rings. The molecule has 0 fully saturated rings. The molecular formula is C18H16ORa10. The second kappa shape index (κ2) is 16.6. The van der Waals surface area contributed by atoms with Crippen molar-refractivity contribution in [3.63, 3.8) is 0 Å². The van der Waals surface area contributed by atoms with Crippen LogP contribution in [0.15, 0.2) is 4.42 Å². The van der Waals surface area contributed by atoms with Gasteiger partial charge in [0.05, 0.1) is 0 Å². The van der Waals surface area contributed by atoms with E-state index in [0.29, 0.717) is 428 Å². The van der Waals surface area contributed by atoms with Crippen LogP contribution in [-0.2, 0) is 0 Å². The van der Waals surface area contributed by atoms with Gasteiger partial charge < -0.3 is 0 Å². The Kier molecular flexibility index (Phi) is 20.6. The summed E-state index contributed by atoms with van der Waals surface area (Å²) in [5.41, 5.74) is 7.05. The van der Waals surface area contributed by atoms with Crippen molar-refractivity contribution < 1.29 is 432 Å². The summed E-state index contributed by atoms with van der Waals surface area (Å²) in [5.74, 6) is 2.94. The van der Waals surface area contributed by atoms with Crippen molar-refractivity contribution in [1.29, 1.82) is 0 Å². The molecule has 0 aliphatic heterocycles. The Labute approximate surface area is 466 Å². The van der Waals surface area contributed by atoms with Gasteiger partial charge in [0.1, 0.15) is 0 Å². The van der Waals surface area contributed by atoms with E-state index in [1.165, 1.54) is 11.5 Å². The van der Waals surface area contributed by atoms with Crippen LogP contribution < -0.4 is 6.04 Å². The first-order valence-corrected chi connectivity index (χ1v) is 51.8. The quantitative estimate of drug-likeness (QED) is 0.250. The molecule has 3 rings (SSSR count). The Morgan fingerprint density at radius 3 is 0.862 bits per heavy atom. The van der Waals surface area contributed by atoms with Crippen molar-refractivity contribution in [2.45, 2.75) is 13.8 Å². The topological polar surface area (TPSA) is 13.1 Å². The van der Waals surface area contributed by atoms with Crippen molar-refractivity contribution in [2.75, 3.05) is 0 Å². The van der Waals surface area contributed by atoms with Crippen LogP contribution in [0.2, 0.25) is 0 Å². The van der Waals surface area contributed by atoms with Gasteiger partial charge in [0.25, 0.3) is 0 Å². The molecule has 114 valence electrons. The fraction of sp³-hybridized carbons (Fsp3) is 0.111. The summed E-state index contributed by atoms with van der Waals surface area (Å²) in [7, 11) is 0. The van der Waals surface area contributed by atoms with E-state index in [1.807, 2.05) is 4.83 Å². The zero-order valence-electron chi connectivity index (χ0n) is 20.4. The van der Waals surface area contributed by atoms with Gasteiger partial charge in [-0.2, -0.15) is 0 Å². The zero-order valence-corrected chi connectivity index (χ0v) is 103. The normalized spacial score (nSPS) is 10.8. The Hall–Kier alpha value is 12.4. The van der Waals surface area contributed by atoms with Crippen LogP contribution in [0.3, 0.4) is 0 Å². The number of hydrogen-bond acceptors (Lipinski definition) is 1. The van der Waals surface area contributed by atoms with E-state index >= 15 is 0 Å². The van der Waals surface area contributed by atoms with Crippen molar-refractivity contribution in [1.82, 2.24) is 0 Å². The summed E-state index contributed by atoms with van der Waals surface area (Å²) in [6, 6.07) is 0. The molecule has 0 unspecified atom stereocenters. The predicted molar refractivity (Wildman–Crippen MR) is 89.3 cm³/mol. The summed E-state index contributed by atoms with van der Waals surface area (Å²) < 4.78 is 25.7. The summed E-state index contributed by atoms with van der Waals surface area (Å²) in [5, 5.41) is 0. The van der Waals surface area contributed by atoms with Crippen LogP contribution in [0.4, 0.5) is 0 Å². The summed E-state index contributed by atoms with van der Waals surface area (Å²) in [4.78, 5) is 0. The third kappa shape index (κ3) is 8.36. The minimum absolute atomic E-state index is 0.375. The predicted octanol–water partition coefficient (Wildman–Crippen LogP) is -5.70. The van der Waals surface area contributed by atoms with Gasteiger partial charge in [-0.25, -0.2) is 0 Å². The summed E-state index contributed by atoms with van der Waals surface area (Å²) >= 11 is 4.35. The first-order chi connectivity index (χ1) is 13.4. The summed E-state index contributed by atoms with van der Waals surface area (Å²) in [6.45, 7) is 4.94. The van der Waals surface area contributed by atoms with Crippen molar-refractivity contribution in [2.24, 2.45) is 0 Å². The molecule has 0 radical (unpaired) electrons. The van der Waals surface area contributed by atoms with Gasteiger partial charge in [-0.1, -0.05) is 0 Å². The molecule has 0 atom stereocenters. The van der Waals surface area contributed by atoms with Gasteiger partial charge in [-0.15, -0.1) is 0 Å². The van der Waals surface area contributed by atoms with E-state index in [9.17, 15) is 0 Å². The molecule has 0 spiro atoms. The fourth-order valence-electron chi connectivity index (χ4n) is 4.75. The van der Waals surface area contributed by atoms with E-state index in [-0.39, 0.29) is 0 Å². The van der Waals surface area contributed by atoms with Gasteiger partial charge in [0.2, 0.25) is 0 Å². The van der Waals surface area contributed by atoms with Gasteiger partial charge >= 0.3 is 486 Å². The Morgan fingerprint density at radius 2 is 0.621 bits per heavy atom. The van der Waals surface area contributed by atoms with Crippen molar-refractivity contribution >= 4 is 6.04 Å². The molecule has 1 heterocycles. The summed E-state index contributed by atoms with van der Waals surface area (Å²) in [6.07, 6.45) is 0. The van der Waals surface area contributed by atoms with E-state index < -0.39 is 0 Å². The SMILES string of the molecule is Cc1[c]([RaH])[c]([RaH])c(-c2oc(-c3[c]([RaH])[c]([RaH])c(C)[c]([RaH])[c]3[RaH])[c]([RaH])[c]2[RaH])[c]([RaH])[c]1[RaH]. The molecule has 0 aliphatic rings. The molecular weight excluding hydrogens is 2490 g/mol. The average molecular weight is 2510 g/mol. The Morgan fingerprint density at radius 1 is 0.379 bits per heavy atom. The minimum atomic E-state index is 0.375. The third-order valence-electron chi connectivity index (χ3n) is 7.90. The second-order valence-electron chi connectivity index (χ2n) is 9.01. The molecule has 0 N–H and O–H groups in total.